The van der Waals surface area contributed by atoms with Crippen molar-refractivity contribution >= 4 is 0 Å². The summed E-state index contributed by atoms with van der Waals surface area (Å²) in [6.07, 6.45) is 4.95. The molecule has 1 rings (SSSR count). The summed E-state index contributed by atoms with van der Waals surface area (Å²) in [5, 5.41) is 3.41. The molecule has 1 aromatic heterocycles. The zero-order chi connectivity index (χ0) is 12.5. The third-order valence-electron chi connectivity index (χ3n) is 2.53. The SMILES string of the molecule is CCOCCCn1ccnc1CNCC(C)C. The van der Waals surface area contributed by atoms with Gasteiger partial charge in [0.25, 0.3) is 0 Å². The highest BCUT2D eigenvalue weighted by Gasteiger charge is 2.02. The molecule has 0 bridgehead atoms. The number of rotatable bonds is 9. The molecule has 0 spiro atoms. The van der Waals surface area contributed by atoms with Crippen molar-refractivity contribution in [3.05, 3.63) is 18.2 Å². The van der Waals surface area contributed by atoms with Crippen LogP contribution in [0.4, 0.5) is 0 Å². The van der Waals surface area contributed by atoms with Crippen molar-refractivity contribution in [2.75, 3.05) is 19.8 Å². The van der Waals surface area contributed by atoms with Crippen LogP contribution in [0, 0.1) is 5.92 Å². The first kappa shape index (κ1) is 14.2. The van der Waals surface area contributed by atoms with E-state index < -0.39 is 0 Å². The molecule has 4 heteroatoms. The molecule has 0 amide bonds. The van der Waals surface area contributed by atoms with E-state index >= 15 is 0 Å². The lowest BCUT2D eigenvalue weighted by molar-refractivity contribution is 0.141. The Morgan fingerprint density at radius 1 is 1.47 bits per heavy atom. The first-order valence-corrected chi connectivity index (χ1v) is 6.52. The zero-order valence-electron chi connectivity index (χ0n) is 11.3. The summed E-state index contributed by atoms with van der Waals surface area (Å²) in [5.41, 5.74) is 0. The Hall–Kier alpha value is -0.870. The highest BCUT2D eigenvalue weighted by molar-refractivity contribution is 4.91. The lowest BCUT2D eigenvalue weighted by Crippen LogP contribution is -2.21. The van der Waals surface area contributed by atoms with Gasteiger partial charge in [0.2, 0.25) is 0 Å². The summed E-state index contributed by atoms with van der Waals surface area (Å²) >= 11 is 0. The lowest BCUT2D eigenvalue weighted by Gasteiger charge is -2.10. The van der Waals surface area contributed by atoms with Crippen molar-refractivity contribution in [3.8, 4) is 0 Å². The first-order chi connectivity index (χ1) is 8.24. The van der Waals surface area contributed by atoms with E-state index in [-0.39, 0.29) is 0 Å². The summed E-state index contributed by atoms with van der Waals surface area (Å²) in [6.45, 7) is 10.9. The number of imidazole rings is 1. The minimum Gasteiger partial charge on any atom is -0.382 e. The van der Waals surface area contributed by atoms with E-state index in [1.807, 2.05) is 19.3 Å². The van der Waals surface area contributed by atoms with Crippen LogP contribution in [0.2, 0.25) is 0 Å². The summed E-state index contributed by atoms with van der Waals surface area (Å²) in [5.74, 6) is 1.79. The van der Waals surface area contributed by atoms with Crippen molar-refractivity contribution in [2.45, 2.75) is 40.3 Å². The third-order valence-corrected chi connectivity index (χ3v) is 2.53. The largest absolute Gasteiger partial charge is 0.382 e. The molecule has 0 aliphatic rings. The molecule has 0 saturated carbocycles. The molecule has 0 saturated heterocycles. The van der Waals surface area contributed by atoms with E-state index in [2.05, 4.69) is 28.7 Å². The highest BCUT2D eigenvalue weighted by Crippen LogP contribution is 2.00. The molecule has 1 heterocycles. The number of hydrogen-bond donors (Lipinski definition) is 1. The van der Waals surface area contributed by atoms with Gasteiger partial charge in [-0.3, -0.25) is 0 Å². The predicted octanol–water partition coefficient (Wildman–Crippen LogP) is 2.06. The number of nitrogens with zero attached hydrogens (tertiary/aromatic N) is 2. The average molecular weight is 239 g/mol. The number of ether oxygens (including phenoxy) is 1. The fraction of sp³-hybridized carbons (Fsp3) is 0.769. The Balaban J connectivity index is 2.27. The van der Waals surface area contributed by atoms with E-state index in [9.17, 15) is 0 Å². The second-order valence-corrected chi connectivity index (χ2v) is 4.61. The average Bonchev–Trinajstić information content (AvgIpc) is 2.72. The van der Waals surface area contributed by atoms with Crippen LogP contribution in [0.15, 0.2) is 12.4 Å². The Kier molecular flexibility index (Phi) is 6.89. The summed E-state index contributed by atoms with van der Waals surface area (Å²) < 4.78 is 7.54. The van der Waals surface area contributed by atoms with E-state index in [0.29, 0.717) is 5.92 Å². The van der Waals surface area contributed by atoms with Crippen LogP contribution in [0.25, 0.3) is 0 Å². The number of aryl methyl sites for hydroxylation is 1. The lowest BCUT2D eigenvalue weighted by atomic mass is 10.2. The minimum absolute atomic E-state index is 0.677. The molecule has 0 aromatic carbocycles. The molecule has 0 fully saturated rings. The molecule has 1 N–H and O–H groups in total. The van der Waals surface area contributed by atoms with Crippen LogP contribution in [0.1, 0.15) is 33.0 Å². The van der Waals surface area contributed by atoms with Crippen molar-refractivity contribution in [3.63, 3.8) is 0 Å². The maximum atomic E-state index is 5.33. The van der Waals surface area contributed by atoms with Gasteiger partial charge in [0.1, 0.15) is 5.82 Å². The van der Waals surface area contributed by atoms with E-state index in [0.717, 1.165) is 45.1 Å². The van der Waals surface area contributed by atoms with Gasteiger partial charge in [0.15, 0.2) is 0 Å². The van der Waals surface area contributed by atoms with Gasteiger partial charge < -0.3 is 14.6 Å². The van der Waals surface area contributed by atoms with Gasteiger partial charge in [-0.05, 0) is 25.8 Å². The quantitative estimate of drug-likeness (QED) is 0.670. The Bertz CT molecular complexity index is 297. The number of hydrogen-bond acceptors (Lipinski definition) is 3. The molecule has 0 atom stereocenters. The topological polar surface area (TPSA) is 39.1 Å². The Morgan fingerprint density at radius 2 is 2.29 bits per heavy atom. The maximum absolute atomic E-state index is 5.33. The number of nitrogens with one attached hydrogen (secondary N) is 1. The monoisotopic (exact) mass is 239 g/mol. The molecule has 0 aliphatic heterocycles. The fourth-order valence-corrected chi connectivity index (χ4v) is 1.66. The van der Waals surface area contributed by atoms with Crippen LogP contribution in [0.3, 0.4) is 0 Å². The zero-order valence-corrected chi connectivity index (χ0v) is 11.3. The van der Waals surface area contributed by atoms with Crippen molar-refractivity contribution in [2.24, 2.45) is 5.92 Å². The maximum Gasteiger partial charge on any atom is 0.122 e. The third kappa shape index (κ3) is 5.84. The number of aromatic nitrogens is 2. The smallest absolute Gasteiger partial charge is 0.122 e. The van der Waals surface area contributed by atoms with Gasteiger partial charge in [0.05, 0.1) is 6.54 Å². The summed E-state index contributed by atoms with van der Waals surface area (Å²) in [4.78, 5) is 4.37. The first-order valence-electron chi connectivity index (χ1n) is 6.52. The van der Waals surface area contributed by atoms with Gasteiger partial charge in [-0.25, -0.2) is 4.98 Å². The molecule has 17 heavy (non-hydrogen) atoms. The van der Waals surface area contributed by atoms with Gasteiger partial charge in [-0.1, -0.05) is 13.8 Å². The summed E-state index contributed by atoms with van der Waals surface area (Å²) in [7, 11) is 0. The van der Waals surface area contributed by atoms with E-state index in [1.54, 1.807) is 0 Å². The molecule has 4 nitrogen and oxygen atoms in total. The highest BCUT2D eigenvalue weighted by atomic mass is 16.5. The molecule has 0 radical (unpaired) electrons. The van der Waals surface area contributed by atoms with Gasteiger partial charge in [0, 0.05) is 32.2 Å². The summed E-state index contributed by atoms with van der Waals surface area (Å²) in [6, 6.07) is 0. The molecule has 1 aromatic rings. The van der Waals surface area contributed by atoms with Crippen LogP contribution in [-0.4, -0.2) is 29.3 Å². The minimum atomic E-state index is 0.677. The van der Waals surface area contributed by atoms with Crippen LogP contribution < -0.4 is 5.32 Å². The van der Waals surface area contributed by atoms with Gasteiger partial charge in [-0.15, -0.1) is 0 Å². The normalized spacial score (nSPS) is 11.3. The van der Waals surface area contributed by atoms with Crippen LogP contribution in [0.5, 0.6) is 0 Å². The predicted molar refractivity (Wildman–Crippen MR) is 69.9 cm³/mol. The van der Waals surface area contributed by atoms with E-state index in [1.165, 1.54) is 0 Å². The van der Waals surface area contributed by atoms with Crippen LogP contribution >= 0.6 is 0 Å². The van der Waals surface area contributed by atoms with Crippen molar-refractivity contribution in [1.29, 1.82) is 0 Å². The van der Waals surface area contributed by atoms with Gasteiger partial charge >= 0.3 is 0 Å². The second kappa shape index (κ2) is 8.25. The molecular formula is C13H25N3O. The fourth-order valence-electron chi connectivity index (χ4n) is 1.66. The second-order valence-electron chi connectivity index (χ2n) is 4.61. The molecular weight excluding hydrogens is 214 g/mol. The molecule has 98 valence electrons. The Morgan fingerprint density at radius 3 is 3.00 bits per heavy atom. The molecule has 0 unspecified atom stereocenters. The Labute approximate surface area is 104 Å². The van der Waals surface area contributed by atoms with Gasteiger partial charge in [-0.2, -0.15) is 0 Å². The molecule has 0 aliphatic carbocycles. The van der Waals surface area contributed by atoms with Crippen molar-refractivity contribution in [1.82, 2.24) is 14.9 Å². The van der Waals surface area contributed by atoms with Crippen LogP contribution in [-0.2, 0) is 17.8 Å². The van der Waals surface area contributed by atoms with Crippen molar-refractivity contribution < 1.29 is 4.74 Å². The van der Waals surface area contributed by atoms with E-state index in [4.69, 9.17) is 4.74 Å². The standard InChI is InChI=1S/C13H25N3O/c1-4-17-9-5-7-16-8-6-15-13(16)11-14-10-12(2)3/h6,8,12,14H,4-5,7,9-11H2,1-3H3.